The van der Waals surface area contributed by atoms with Crippen molar-refractivity contribution >= 4 is 93.6 Å². The summed E-state index contributed by atoms with van der Waals surface area (Å²) in [5, 5.41) is 28.0. The average molecular weight is 611 g/mol. The van der Waals surface area contributed by atoms with Crippen LogP contribution in [0, 0.1) is 20.2 Å². The highest BCUT2D eigenvalue weighted by Crippen LogP contribution is 2.39. The van der Waals surface area contributed by atoms with Gasteiger partial charge in [-0.15, -0.1) is 69.6 Å². The number of alkyl halides is 6. The number of non-ortho nitro benzene ring substituents is 2. The van der Waals surface area contributed by atoms with Gasteiger partial charge >= 0.3 is 0 Å². The molecule has 7 nitrogen and oxygen atoms in total. The number of benzene rings is 2. The first-order valence-corrected chi connectivity index (χ1v) is 12.7. The summed E-state index contributed by atoms with van der Waals surface area (Å²) in [5.41, 5.74) is 0.607. The Kier molecular flexibility index (Phi) is 11.1. The topological polar surface area (TPSA) is 107 Å². The molecule has 0 amide bonds. The molecule has 0 spiro atoms. The Labute approximate surface area is 230 Å². The molecule has 0 aliphatic heterocycles. The summed E-state index contributed by atoms with van der Waals surface area (Å²) in [5.74, 6) is 0.121. The second-order valence-electron chi connectivity index (χ2n) is 7.35. The van der Waals surface area contributed by atoms with Gasteiger partial charge < -0.3 is 5.11 Å². The highest BCUT2D eigenvalue weighted by atomic mass is 35.5. The average Bonchev–Trinajstić information content (AvgIpc) is 2.80. The van der Waals surface area contributed by atoms with E-state index in [1.54, 1.807) is 12.1 Å². The van der Waals surface area contributed by atoms with Crippen molar-refractivity contribution in [1.82, 2.24) is 0 Å². The van der Waals surface area contributed by atoms with Crippen molar-refractivity contribution in [2.45, 2.75) is 43.9 Å². The number of halogens is 6. The fourth-order valence-corrected chi connectivity index (χ4v) is 5.79. The molecule has 2 aromatic rings. The highest BCUT2D eigenvalue weighted by molar-refractivity contribution is 7.80. The van der Waals surface area contributed by atoms with Crippen LogP contribution in [0.15, 0.2) is 42.5 Å². The number of aromatic hydroxyl groups is 1. The molecule has 1 N–H and O–H groups in total. The third-order valence-corrected chi connectivity index (χ3v) is 9.43. The Morgan fingerprint density at radius 3 is 1.44 bits per heavy atom. The molecular weight excluding hydrogens is 593 g/mol. The minimum absolute atomic E-state index is 0.121. The molecular formula is C20H18Cl6N2O5S. The molecule has 1 fully saturated rings. The van der Waals surface area contributed by atoms with E-state index in [0.717, 1.165) is 11.6 Å². The quantitative estimate of drug-likeness (QED) is 0.163. The van der Waals surface area contributed by atoms with Crippen LogP contribution in [0.3, 0.4) is 0 Å². The minimum Gasteiger partial charge on any atom is -0.508 e. The van der Waals surface area contributed by atoms with Crippen LogP contribution in [0.1, 0.15) is 16.4 Å². The SMILES string of the molecule is ClC1C(Cl)C(Cl)C(Cl)C(Cl)C1Cl.O=[N+]([O-])c1cc(CC(S)c2ccc(O)cc2)cc([N+](=O)[O-])c1. The number of nitro benzene ring substituents is 2. The van der Waals surface area contributed by atoms with Crippen molar-refractivity contribution < 1.29 is 15.0 Å². The zero-order valence-electron chi connectivity index (χ0n) is 17.0. The van der Waals surface area contributed by atoms with E-state index in [9.17, 15) is 25.3 Å². The van der Waals surface area contributed by atoms with Crippen molar-refractivity contribution in [3.05, 3.63) is 73.8 Å². The molecule has 3 rings (SSSR count). The van der Waals surface area contributed by atoms with E-state index in [2.05, 4.69) is 12.6 Å². The van der Waals surface area contributed by atoms with E-state index < -0.39 is 42.1 Å². The number of nitrogens with zero attached hydrogens (tertiary/aromatic N) is 2. The monoisotopic (exact) mass is 608 g/mol. The number of hydrogen-bond donors (Lipinski definition) is 2. The van der Waals surface area contributed by atoms with Crippen molar-refractivity contribution in [3.8, 4) is 5.75 Å². The van der Waals surface area contributed by atoms with Crippen molar-refractivity contribution in [2.75, 3.05) is 0 Å². The molecule has 1 aliphatic carbocycles. The minimum atomic E-state index is -0.662. The molecule has 1 unspecified atom stereocenters. The first-order chi connectivity index (χ1) is 15.8. The first kappa shape index (κ1) is 29.4. The number of phenolic OH excluding ortho intramolecular Hbond substituents is 1. The maximum Gasteiger partial charge on any atom is 0.276 e. The van der Waals surface area contributed by atoms with Crippen molar-refractivity contribution in [1.29, 1.82) is 0 Å². The molecule has 1 aliphatic rings. The molecule has 186 valence electrons. The van der Waals surface area contributed by atoms with Gasteiger partial charge in [-0.05, 0) is 29.7 Å². The van der Waals surface area contributed by atoms with Gasteiger partial charge in [-0.3, -0.25) is 20.2 Å². The zero-order chi connectivity index (χ0) is 25.7. The molecule has 14 heteroatoms. The van der Waals surface area contributed by atoms with E-state index in [0.29, 0.717) is 5.56 Å². The fourth-order valence-electron chi connectivity index (χ4n) is 3.08. The molecule has 0 saturated heterocycles. The van der Waals surface area contributed by atoms with Crippen molar-refractivity contribution in [3.63, 3.8) is 0 Å². The largest absolute Gasteiger partial charge is 0.508 e. The number of hydrogen-bond acceptors (Lipinski definition) is 6. The molecule has 0 bridgehead atoms. The van der Waals surface area contributed by atoms with Crippen LogP contribution in [-0.2, 0) is 6.42 Å². The van der Waals surface area contributed by atoms with E-state index in [1.807, 2.05) is 0 Å². The fraction of sp³-hybridized carbons (Fsp3) is 0.400. The van der Waals surface area contributed by atoms with Crippen LogP contribution in [-0.4, -0.2) is 47.2 Å². The Balaban J connectivity index is 0.000000287. The standard InChI is InChI=1S/C14H12N2O5S.C6H6Cl6/c17-13-3-1-10(2-4-13)14(22)7-9-5-11(15(18)19)8-12(6-9)16(20)21;7-1-2(8)4(10)6(12)5(11)3(1)9/h1-6,8,14,17,22H,7H2;1-6H. The normalized spacial score (nSPS) is 27.3. The van der Waals surface area contributed by atoms with Gasteiger partial charge in [0, 0.05) is 17.4 Å². The molecule has 34 heavy (non-hydrogen) atoms. The van der Waals surface area contributed by atoms with E-state index in [1.165, 1.54) is 24.3 Å². The van der Waals surface area contributed by atoms with Gasteiger partial charge in [-0.1, -0.05) is 12.1 Å². The Hall–Kier alpha value is -0.870. The summed E-state index contributed by atoms with van der Waals surface area (Å²) in [4.78, 5) is 20.4. The first-order valence-electron chi connectivity index (χ1n) is 9.57. The smallest absolute Gasteiger partial charge is 0.276 e. The lowest BCUT2D eigenvalue weighted by Gasteiger charge is -2.37. The van der Waals surface area contributed by atoms with Gasteiger partial charge in [0.15, 0.2) is 0 Å². The Morgan fingerprint density at radius 1 is 0.765 bits per heavy atom. The number of rotatable bonds is 5. The van der Waals surface area contributed by atoms with Crippen LogP contribution in [0.5, 0.6) is 5.75 Å². The summed E-state index contributed by atoms with van der Waals surface area (Å²) >= 11 is 39.7. The summed E-state index contributed by atoms with van der Waals surface area (Å²) < 4.78 is 0. The predicted molar refractivity (Wildman–Crippen MR) is 141 cm³/mol. The lowest BCUT2D eigenvalue weighted by Crippen LogP contribution is -2.52. The van der Waals surface area contributed by atoms with Gasteiger partial charge in [0.05, 0.1) is 48.2 Å². The predicted octanol–water partition coefficient (Wildman–Crippen LogP) is 7.07. The molecule has 0 radical (unpaired) electrons. The summed E-state index contributed by atoms with van der Waals surface area (Å²) in [6, 6.07) is 9.91. The summed E-state index contributed by atoms with van der Waals surface area (Å²) in [7, 11) is 0. The Morgan fingerprint density at radius 2 is 1.12 bits per heavy atom. The maximum absolute atomic E-state index is 10.9. The van der Waals surface area contributed by atoms with Gasteiger partial charge in [0.25, 0.3) is 11.4 Å². The van der Waals surface area contributed by atoms with Gasteiger partial charge in [0.1, 0.15) is 5.75 Å². The van der Waals surface area contributed by atoms with Crippen LogP contribution in [0.2, 0.25) is 0 Å². The second kappa shape index (κ2) is 12.9. The Bertz CT molecular complexity index is 927. The third-order valence-electron chi connectivity index (χ3n) is 4.92. The lowest BCUT2D eigenvalue weighted by molar-refractivity contribution is -0.394. The molecule has 0 aromatic heterocycles. The lowest BCUT2D eigenvalue weighted by atomic mass is 9.97. The van der Waals surface area contributed by atoms with E-state index >= 15 is 0 Å². The second-order valence-corrected chi connectivity index (χ2v) is 11.0. The molecule has 0 heterocycles. The van der Waals surface area contributed by atoms with E-state index in [4.69, 9.17) is 69.6 Å². The number of thiol groups is 1. The van der Waals surface area contributed by atoms with Crippen LogP contribution in [0.4, 0.5) is 11.4 Å². The van der Waals surface area contributed by atoms with Gasteiger partial charge in [-0.25, -0.2) is 0 Å². The van der Waals surface area contributed by atoms with Gasteiger partial charge in [-0.2, -0.15) is 12.6 Å². The van der Waals surface area contributed by atoms with Crippen LogP contribution >= 0.6 is 82.2 Å². The van der Waals surface area contributed by atoms with Gasteiger partial charge in [0.2, 0.25) is 0 Å². The maximum atomic E-state index is 10.9. The van der Waals surface area contributed by atoms with Crippen LogP contribution in [0.25, 0.3) is 0 Å². The van der Waals surface area contributed by atoms with E-state index in [-0.39, 0.29) is 28.8 Å². The summed E-state index contributed by atoms with van der Waals surface area (Å²) in [6.45, 7) is 0. The van der Waals surface area contributed by atoms with Crippen molar-refractivity contribution in [2.24, 2.45) is 0 Å². The van der Waals surface area contributed by atoms with Crippen LogP contribution < -0.4 is 0 Å². The summed E-state index contributed by atoms with van der Waals surface area (Å²) in [6.07, 6.45) is 0.288. The number of nitro groups is 2. The molecule has 1 atom stereocenters. The highest BCUT2D eigenvalue weighted by Gasteiger charge is 2.46. The zero-order valence-corrected chi connectivity index (χ0v) is 22.4. The molecule has 1 saturated carbocycles. The number of phenols is 1. The third kappa shape index (κ3) is 7.56. The molecule has 2 aromatic carbocycles.